The molecule has 6 heteroatoms. The number of benzene rings is 1. The molecule has 1 aliphatic rings. The van der Waals surface area contributed by atoms with Gasteiger partial charge in [-0.15, -0.1) is 0 Å². The lowest BCUT2D eigenvalue weighted by Gasteiger charge is -2.15. The Morgan fingerprint density at radius 3 is 2.56 bits per heavy atom. The Balaban J connectivity index is 2.60. The van der Waals surface area contributed by atoms with Gasteiger partial charge in [0.1, 0.15) is 5.54 Å². The first-order valence-corrected chi connectivity index (χ1v) is 5.29. The van der Waals surface area contributed by atoms with Crippen LogP contribution in [0, 0.1) is 5.82 Å². The third kappa shape index (κ3) is 1.99. The fourth-order valence-corrected chi connectivity index (χ4v) is 1.94. The molecule has 0 heterocycles. The molecule has 2 rings (SSSR count). The summed E-state index contributed by atoms with van der Waals surface area (Å²) in [6.45, 7) is 0. The molecule has 96 valence electrons. The molecule has 18 heavy (non-hydrogen) atoms. The largest absolute Gasteiger partial charge is 0.493 e. The van der Waals surface area contributed by atoms with E-state index in [0.29, 0.717) is 12.8 Å². The molecule has 0 aliphatic heterocycles. The fourth-order valence-electron chi connectivity index (χ4n) is 1.94. The molecule has 0 atom stereocenters. The maximum absolute atomic E-state index is 13.7. The van der Waals surface area contributed by atoms with Crippen molar-refractivity contribution in [1.29, 1.82) is 0 Å². The van der Waals surface area contributed by atoms with Crippen LogP contribution in [0.25, 0.3) is 0 Å². The van der Waals surface area contributed by atoms with E-state index in [-0.39, 0.29) is 11.3 Å². The van der Waals surface area contributed by atoms with Gasteiger partial charge in [-0.2, -0.15) is 4.99 Å². The van der Waals surface area contributed by atoms with E-state index in [1.807, 2.05) is 0 Å². The van der Waals surface area contributed by atoms with Gasteiger partial charge in [0.25, 0.3) is 6.43 Å². The Bertz CT molecular complexity index is 520. The topological polar surface area (TPSA) is 38.7 Å². The van der Waals surface area contributed by atoms with Gasteiger partial charge in [-0.25, -0.2) is 18.0 Å². The summed E-state index contributed by atoms with van der Waals surface area (Å²) in [4.78, 5) is 14.0. The molecule has 0 bridgehead atoms. The average molecular weight is 257 g/mol. The minimum absolute atomic E-state index is 0.143. The molecule has 1 aromatic carbocycles. The number of alkyl halides is 2. The highest BCUT2D eigenvalue weighted by Crippen LogP contribution is 2.53. The predicted molar refractivity (Wildman–Crippen MR) is 56.9 cm³/mol. The van der Waals surface area contributed by atoms with Crippen molar-refractivity contribution in [2.24, 2.45) is 4.99 Å². The first kappa shape index (κ1) is 12.6. The Labute approximate surface area is 101 Å². The van der Waals surface area contributed by atoms with Crippen molar-refractivity contribution in [3.05, 3.63) is 29.1 Å². The lowest BCUT2D eigenvalue weighted by molar-refractivity contribution is 0.150. The van der Waals surface area contributed by atoms with Gasteiger partial charge in [-0.05, 0) is 25.0 Å². The first-order chi connectivity index (χ1) is 8.54. The van der Waals surface area contributed by atoms with E-state index < -0.39 is 23.3 Å². The van der Waals surface area contributed by atoms with Crippen LogP contribution in [0.15, 0.2) is 17.1 Å². The standard InChI is InChI=1S/C12H10F3NO2/c1-18-10-8(12(2-3-12)16-6-17)4-7(11(14)15)5-9(10)13/h4-5,11H,2-3H2,1H3. The van der Waals surface area contributed by atoms with Gasteiger partial charge < -0.3 is 4.74 Å². The number of rotatable bonds is 4. The minimum atomic E-state index is -2.79. The second-order valence-corrected chi connectivity index (χ2v) is 4.12. The molecule has 1 aliphatic carbocycles. The molecule has 0 saturated heterocycles. The summed E-state index contributed by atoms with van der Waals surface area (Å²) in [7, 11) is 1.24. The number of isocyanates is 1. The molecule has 0 unspecified atom stereocenters. The van der Waals surface area contributed by atoms with Crippen LogP contribution in [0.3, 0.4) is 0 Å². The summed E-state index contributed by atoms with van der Waals surface area (Å²) >= 11 is 0. The van der Waals surface area contributed by atoms with Crippen molar-refractivity contribution < 1.29 is 22.7 Å². The highest BCUT2D eigenvalue weighted by Gasteiger charge is 2.47. The van der Waals surface area contributed by atoms with Gasteiger partial charge in [0.15, 0.2) is 11.6 Å². The van der Waals surface area contributed by atoms with Crippen LogP contribution in [0.5, 0.6) is 5.75 Å². The molecule has 0 spiro atoms. The molecule has 1 fully saturated rings. The van der Waals surface area contributed by atoms with Gasteiger partial charge in [-0.1, -0.05) is 0 Å². The molecule has 1 aromatic rings. The lowest BCUT2D eigenvalue weighted by Crippen LogP contribution is -2.08. The Hall–Kier alpha value is -1.81. The third-order valence-electron chi connectivity index (χ3n) is 3.01. The summed E-state index contributed by atoms with van der Waals surface area (Å²) in [6, 6.07) is 1.87. The molecule has 3 nitrogen and oxygen atoms in total. The summed E-state index contributed by atoms with van der Waals surface area (Å²) in [5.74, 6) is -1.02. The number of nitrogens with zero attached hydrogens (tertiary/aromatic N) is 1. The molecule has 0 amide bonds. The van der Waals surface area contributed by atoms with Crippen molar-refractivity contribution in [1.82, 2.24) is 0 Å². The molecule has 0 radical (unpaired) electrons. The fraction of sp³-hybridized carbons (Fsp3) is 0.417. The second kappa shape index (κ2) is 4.46. The van der Waals surface area contributed by atoms with Crippen LogP contribution in [0.1, 0.15) is 30.4 Å². The van der Waals surface area contributed by atoms with Gasteiger partial charge in [0.05, 0.1) is 7.11 Å². The maximum atomic E-state index is 13.7. The number of hydrogen-bond donors (Lipinski definition) is 0. The monoisotopic (exact) mass is 257 g/mol. The number of aliphatic imine (C=N–C) groups is 1. The summed E-state index contributed by atoms with van der Waals surface area (Å²) < 4.78 is 43.8. The third-order valence-corrected chi connectivity index (χ3v) is 3.01. The highest BCUT2D eigenvalue weighted by molar-refractivity contribution is 5.49. The summed E-state index contributed by atoms with van der Waals surface area (Å²) in [5, 5.41) is 0. The van der Waals surface area contributed by atoms with Gasteiger partial charge in [0, 0.05) is 11.1 Å². The summed E-state index contributed by atoms with van der Waals surface area (Å²) in [6.07, 6.45) is -0.412. The van der Waals surface area contributed by atoms with Gasteiger partial charge in [-0.3, -0.25) is 0 Å². The van der Waals surface area contributed by atoms with Crippen molar-refractivity contribution in [2.75, 3.05) is 7.11 Å². The van der Waals surface area contributed by atoms with Crippen LogP contribution >= 0.6 is 0 Å². The molecule has 0 aromatic heterocycles. The molecular formula is C12H10F3NO2. The summed E-state index contributed by atoms with van der Waals surface area (Å²) in [5.41, 5.74) is -1.21. The van der Waals surface area contributed by atoms with Gasteiger partial charge in [0.2, 0.25) is 6.08 Å². The SMILES string of the molecule is COc1c(F)cc(C(F)F)cc1C1(N=C=O)CC1. The van der Waals surface area contributed by atoms with E-state index in [9.17, 15) is 18.0 Å². The van der Waals surface area contributed by atoms with E-state index in [0.717, 1.165) is 12.1 Å². The zero-order chi connectivity index (χ0) is 13.3. The van der Waals surface area contributed by atoms with Crippen LogP contribution in [-0.4, -0.2) is 13.2 Å². The number of halogens is 3. The zero-order valence-electron chi connectivity index (χ0n) is 9.54. The number of ether oxygens (including phenoxy) is 1. The lowest BCUT2D eigenvalue weighted by atomic mass is 10.0. The Morgan fingerprint density at radius 2 is 2.11 bits per heavy atom. The van der Waals surface area contributed by atoms with Gasteiger partial charge >= 0.3 is 0 Å². The quantitative estimate of drug-likeness (QED) is 0.614. The zero-order valence-corrected chi connectivity index (χ0v) is 9.54. The Morgan fingerprint density at radius 1 is 1.44 bits per heavy atom. The number of carbonyl (C=O) groups excluding carboxylic acids is 1. The molecule has 0 N–H and O–H groups in total. The maximum Gasteiger partial charge on any atom is 0.263 e. The van der Waals surface area contributed by atoms with Crippen LogP contribution < -0.4 is 4.74 Å². The van der Waals surface area contributed by atoms with E-state index in [2.05, 4.69) is 4.99 Å². The van der Waals surface area contributed by atoms with E-state index in [1.165, 1.54) is 13.2 Å². The molecule has 1 saturated carbocycles. The normalized spacial score (nSPS) is 16.3. The van der Waals surface area contributed by atoms with E-state index in [4.69, 9.17) is 4.74 Å². The van der Waals surface area contributed by atoms with E-state index in [1.54, 1.807) is 0 Å². The van der Waals surface area contributed by atoms with Crippen LogP contribution in [0.2, 0.25) is 0 Å². The van der Waals surface area contributed by atoms with Crippen LogP contribution in [0.4, 0.5) is 13.2 Å². The smallest absolute Gasteiger partial charge is 0.263 e. The number of methoxy groups -OCH3 is 1. The second-order valence-electron chi connectivity index (χ2n) is 4.12. The van der Waals surface area contributed by atoms with Crippen LogP contribution in [-0.2, 0) is 10.3 Å². The molecular weight excluding hydrogens is 247 g/mol. The van der Waals surface area contributed by atoms with Crippen molar-refractivity contribution in [3.8, 4) is 5.75 Å². The minimum Gasteiger partial charge on any atom is -0.493 e. The Kier molecular flexibility index (Phi) is 3.13. The number of hydrogen-bond acceptors (Lipinski definition) is 3. The first-order valence-electron chi connectivity index (χ1n) is 5.29. The predicted octanol–water partition coefficient (Wildman–Crippen LogP) is 3.10. The van der Waals surface area contributed by atoms with Crippen molar-refractivity contribution in [3.63, 3.8) is 0 Å². The van der Waals surface area contributed by atoms with Crippen molar-refractivity contribution >= 4 is 6.08 Å². The highest BCUT2D eigenvalue weighted by atomic mass is 19.3. The van der Waals surface area contributed by atoms with E-state index >= 15 is 0 Å². The average Bonchev–Trinajstić information content (AvgIpc) is 3.09. The van der Waals surface area contributed by atoms with Crippen molar-refractivity contribution in [2.45, 2.75) is 24.8 Å².